The number of nitrogen functional groups attached to an aromatic ring is 1. The summed E-state index contributed by atoms with van der Waals surface area (Å²) in [7, 11) is 1.60. The minimum absolute atomic E-state index is 0.145. The molecule has 2 rings (SSSR count). The van der Waals surface area contributed by atoms with Crippen molar-refractivity contribution in [2.45, 2.75) is 13.8 Å². The molecule has 0 atom stereocenters. The minimum atomic E-state index is -0.208. The highest BCUT2D eigenvalue weighted by molar-refractivity contribution is 6.01. The van der Waals surface area contributed by atoms with E-state index in [2.05, 4.69) is 15.3 Å². The number of carbonyl (C=O) groups excluding carboxylic acids is 1. The van der Waals surface area contributed by atoms with Crippen LogP contribution in [0.3, 0.4) is 0 Å². The van der Waals surface area contributed by atoms with Crippen LogP contribution < -0.4 is 15.8 Å². The van der Waals surface area contributed by atoms with E-state index in [1.54, 1.807) is 14.0 Å². The smallest absolute Gasteiger partial charge is 0.255 e. The van der Waals surface area contributed by atoms with E-state index in [0.717, 1.165) is 11.3 Å². The first-order chi connectivity index (χ1) is 10.1. The second-order valence-corrected chi connectivity index (χ2v) is 4.48. The number of nitrogens with one attached hydrogen (secondary N) is 1. The Morgan fingerprint density at radius 3 is 2.52 bits per heavy atom. The zero-order valence-corrected chi connectivity index (χ0v) is 12.3. The summed E-state index contributed by atoms with van der Waals surface area (Å²) in [5.41, 5.74) is 8.02. The van der Waals surface area contributed by atoms with Crippen LogP contribution in [0.2, 0.25) is 0 Å². The van der Waals surface area contributed by atoms with Gasteiger partial charge in [0.15, 0.2) is 0 Å². The predicted octanol–water partition coefficient (Wildman–Crippen LogP) is 1.79. The first-order valence-corrected chi connectivity index (χ1v) is 6.63. The average Bonchev–Trinajstić information content (AvgIpc) is 2.46. The Hall–Kier alpha value is -2.63. The standard InChI is InChI=1S/C15H18N4O2/c1-4-17-14(20)12-9(2)18-15(16)19-13(12)10-5-7-11(21-3)8-6-10/h5-8H,4H2,1-3H3,(H,17,20)(H2,16,18,19). The lowest BCUT2D eigenvalue weighted by Gasteiger charge is -2.12. The number of anilines is 1. The molecule has 0 aliphatic heterocycles. The third kappa shape index (κ3) is 3.10. The minimum Gasteiger partial charge on any atom is -0.497 e. The van der Waals surface area contributed by atoms with Crippen LogP contribution in [-0.4, -0.2) is 29.5 Å². The van der Waals surface area contributed by atoms with Gasteiger partial charge in [-0.15, -0.1) is 0 Å². The molecule has 1 heterocycles. The van der Waals surface area contributed by atoms with Gasteiger partial charge in [0, 0.05) is 12.1 Å². The van der Waals surface area contributed by atoms with Crippen LogP contribution >= 0.6 is 0 Å². The Morgan fingerprint density at radius 2 is 1.95 bits per heavy atom. The SMILES string of the molecule is CCNC(=O)c1c(C)nc(N)nc1-c1ccc(OC)cc1. The van der Waals surface area contributed by atoms with Crippen molar-refractivity contribution < 1.29 is 9.53 Å². The van der Waals surface area contributed by atoms with Crippen molar-refractivity contribution in [1.82, 2.24) is 15.3 Å². The number of benzene rings is 1. The van der Waals surface area contributed by atoms with E-state index in [4.69, 9.17) is 10.5 Å². The third-order valence-corrected chi connectivity index (χ3v) is 3.04. The predicted molar refractivity (Wildman–Crippen MR) is 81.2 cm³/mol. The van der Waals surface area contributed by atoms with Crippen molar-refractivity contribution in [1.29, 1.82) is 0 Å². The lowest BCUT2D eigenvalue weighted by atomic mass is 10.0. The van der Waals surface area contributed by atoms with Crippen molar-refractivity contribution in [2.24, 2.45) is 0 Å². The molecule has 1 amide bonds. The van der Waals surface area contributed by atoms with E-state index < -0.39 is 0 Å². The monoisotopic (exact) mass is 286 g/mol. The van der Waals surface area contributed by atoms with Crippen LogP contribution in [0.4, 0.5) is 5.95 Å². The molecule has 3 N–H and O–H groups in total. The fourth-order valence-electron chi connectivity index (χ4n) is 2.07. The normalized spacial score (nSPS) is 10.2. The maximum atomic E-state index is 12.2. The molecule has 110 valence electrons. The Labute approximate surface area is 123 Å². The maximum Gasteiger partial charge on any atom is 0.255 e. The molecular formula is C15H18N4O2. The first-order valence-electron chi connectivity index (χ1n) is 6.63. The van der Waals surface area contributed by atoms with Gasteiger partial charge in [0.05, 0.1) is 24.1 Å². The van der Waals surface area contributed by atoms with Gasteiger partial charge in [-0.05, 0) is 38.1 Å². The summed E-state index contributed by atoms with van der Waals surface area (Å²) in [5, 5.41) is 2.77. The van der Waals surface area contributed by atoms with Crippen molar-refractivity contribution in [3.8, 4) is 17.0 Å². The van der Waals surface area contributed by atoms with E-state index in [0.29, 0.717) is 23.5 Å². The molecule has 21 heavy (non-hydrogen) atoms. The fourth-order valence-corrected chi connectivity index (χ4v) is 2.07. The average molecular weight is 286 g/mol. The van der Waals surface area contributed by atoms with Crippen LogP contribution in [-0.2, 0) is 0 Å². The molecule has 0 aliphatic rings. The number of ether oxygens (including phenoxy) is 1. The van der Waals surface area contributed by atoms with Crippen LogP contribution in [0.1, 0.15) is 23.0 Å². The molecule has 6 heteroatoms. The van der Waals surface area contributed by atoms with Gasteiger partial charge in [-0.2, -0.15) is 0 Å². The highest BCUT2D eigenvalue weighted by Gasteiger charge is 2.18. The molecule has 0 saturated heterocycles. The van der Waals surface area contributed by atoms with Crippen molar-refractivity contribution in [3.05, 3.63) is 35.5 Å². The number of hydrogen-bond donors (Lipinski definition) is 2. The number of rotatable bonds is 4. The number of amides is 1. The van der Waals surface area contributed by atoms with Gasteiger partial charge in [0.1, 0.15) is 5.75 Å². The molecular weight excluding hydrogens is 268 g/mol. The van der Waals surface area contributed by atoms with Crippen LogP contribution in [0, 0.1) is 6.92 Å². The van der Waals surface area contributed by atoms with Gasteiger partial charge in [0.25, 0.3) is 5.91 Å². The topological polar surface area (TPSA) is 90.1 Å². The summed E-state index contributed by atoms with van der Waals surface area (Å²) in [6, 6.07) is 7.29. The number of aryl methyl sites for hydroxylation is 1. The number of carbonyl (C=O) groups is 1. The van der Waals surface area contributed by atoms with Gasteiger partial charge in [-0.25, -0.2) is 9.97 Å². The highest BCUT2D eigenvalue weighted by atomic mass is 16.5. The second kappa shape index (κ2) is 6.21. The zero-order valence-electron chi connectivity index (χ0n) is 12.3. The Morgan fingerprint density at radius 1 is 1.29 bits per heavy atom. The van der Waals surface area contributed by atoms with E-state index in [-0.39, 0.29) is 11.9 Å². The largest absolute Gasteiger partial charge is 0.497 e. The van der Waals surface area contributed by atoms with Crippen molar-refractivity contribution in [3.63, 3.8) is 0 Å². The second-order valence-electron chi connectivity index (χ2n) is 4.48. The summed E-state index contributed by atoms with van der Waals surface area (Å²) in [6.45, 7) is 4.14. The van der Waals surface area contributed by atoms with Gasteiger partial charge in [-0.1, -0.05) is 0 Å². The summed E-state index contributed by atoms with van der Waals surface area (Å²) < 4.78 is 5.13. The first kappa shape index (κ1) is 14.8. The lowest BCUT2D eigenvalue weighted by Crippen LogP contribution is -2.25. The van der Waals surface area contributed by atoms with E-state index in [9.17, 15) is 4.79 Å². The Bertz CT molecular complexity index is 653. The number of nitrogens with zero attached hydrogens (tertiary/aromatic N) is 2. The Balaban J connectivity index is 2.57. The lowest BCUT2D eigenvalue weighted by molar-refractivity contribution is 0.0955. The molecule has 0 aliphatic carbocycles. The molecule has 0 bridgehead atoms. The molecule has 0 fully saturated rings. The molecule has 0 unspecified atom stereocenters. The van der Waals surface area contributed by atoms with Crippen molar-refractivity contribution in [2.75, 3.05) is 19.4 Å². The maximum absolute atomic E-state index is 12.2. The molecule has 1 aromatic heterocycles. The fraction of sp³-hybridized carbons (Fsp3) is 0.267. The van der Waals surface area contributed by atoms with Gasteiger partial charge >= 0.3 is 0 Å². The van der Waals surface area contributed by atoms with E-state index >= 15 is 0 Å². The zero-order chi connectivity index (χ0) is 15.4. The number of hydrogen-bond acceptors (Lipinski definition) is 5. The molecule has 6 nitrogen and oxygen atoms in total. The van der Waals surface area contributed by atoms with Crippen LogP contribution in [0.25, 0.3) is 11.3 Å². The summed E-state index contributed by atoms with van der Waals surface area (Å²) in [5.74, 6) is 0.671. The summed E-state index contributed by atoms with van der Waals surface area (Å²) in [4.78, 5) is 20.5. The quantitative estimate of drug-likeness (QED) is 0.894. The van der Waals surface area contributed by atoms with Gasteiger partial charge in [0.2, 0.25) is 5.95 Å². The van der Waals surface area contributed by atoms with Gasteiger partial charge in [-0.3, -0.25) is 4.79 Å². The van der Waals surface area contributed by atoms with E-state index in [1.165, 1.54) is 0 Å². The number of methoxy groups -OCH3 is 1. The van der Waals surface area contributed by atoms with Crippen LogP contribution in [0.15, 0.2) is 24.3 Å². The highest BCUT2D eigenvalue weighted by Crippen LogP contribution is 2.26. The molecule has 1 aromatic carbocycles. The number of nitrogens with two attached hydrogens (primary N) is 1. The molecule has 0 spiro atoms. The van der Waals surface area contributed by atoms with E-state index in [1.807, 2.05) is 31.2 Å². The molecule has 2 aromatic rings. The van der Waals surface area contributed by atoms with Crippen LogP contribution in [0.5, 0.6) is 5.75 Å². The van der Waals surface area contributed by atoms with Crippen molar-refractivity contribution >= 4 is 11.9 Å². The Kier molecular flexibility index (Phi) is 4.37. The summed E-state index contributed by atoms with van der Waals surface area (Å²) in [6.07, 6.45) is 0. The summed E-state index contributed by atoms with van der Waals surface area (Å²) >= 11 is 0. The third-order valence-electron chi connectivity index (χ3n) is 3.04. The molecule has 0 radical (unpaired) electrons. The number of aromatic nitrogens is 2. The van der Waals surface area contributed by atoms with Gasteiger partial charge < -0.3 is 15.8 Å². The molecule has 0 saturated carbocycles.